The van der Waals surface area contributed by atoms with Crippen molar-refractivity contribution in [3.05, 3.63) is 40.9 Å². The Labute approximate surface area is 156 Å². The molecule has 1 atom stereocenters. The van der Waals surface area contributed by atoms with Crippen LogP contribution in [0.15, 0.2) is 24.7 Å². The molecular weight excluding hydrogens is 403 g/mol. The van der Waals surface area contributed by atoms with Crippen LogP contribution in [0.4, 0.5) is 0 Å². The Kier molecular flexibility index (Phi) is 5.11. The molecule has 3 heterocycles. The van der Waals surface area contributed by atoms with Gasteiger partial charge in [0.05, 0.1) is 0 Å². The van der Waals surface area contributed by atoms with E-state index in [0.29, 0.717) is 38.7 Å². The maximum atomic E-state index is 11.8. The number of rotatable bonds is 5. The van der Waals surface area contributed by atoms with Gasteiger partial charge in [0.15, 0.2) is 0 Å². The molecule has 0 fully saturated rings. The predicted octanol–water partition coefficient (Wildman–Crippen LogP) is 2.60. The molecule has 6 nitrogen and oxygen atoms in total. The molecule has 0 aromatic carbocycles. The molecule has 0 aliphatic carbocycles. The van der Waals surface area contributed by atoms with Crippen LogP contribution in [0.25, 0.3) is 16.9 Å². The molecule has 3 aromatic rings. The summed E-state index contributed by atoms with van der Waals surface area (Å²) in [7, 11) is 0. The predicted molar refractivity (Wildman–Crippen MR) is 99.4 cm³/mol. The Morgan fingerprint density at radius 1 is 1.40 bits per heavy atom. The summed E-state index contributed by atoms with van der Waals surface area (Å²) in [6.45, 7) is 6.16. The summed E-state index contributed by atoms with van der Waals surface area (Å²) in [5.41, 5.74) is 3.12. The minimum absolute atomic E-state index is 0.368. The van der Waals surface area contributed by atoms with Crippen molar-refractivity contribution in [3.8, 4) is 11.3 Å². The van der Waals surface area contributed by atoms with Crippen molar-refractivity contribution < 1.29 is 9.90 Å². The number of hydrogen-bond acceptors (Lipinski definition) is 4. The average molecular weight is 421 g/mol. The fraction of sp³-hybridized carbons (Fsp3) is 0.294. The molecule has 0 spiro atoms. The van der Waals surface area contributed by atoms with Gasteiger partial charge in [-0.15, -0.1) is 0 Å². The Hall–Kier alpha value is -1.91. The van der Waals surface area contributed by atoms with Gasteiger partial charge < -0.3 is 0 Å². The van der Waals surface area contributed by atoms with Gasteiger partial charge in [0.2, 0.25) is 0 Å². The van der Waals surface area contributed by atoms with E-state index in [-0.39, 0.29) is 0 Å². The van der Waals surface area contributed by atoms with E-state index in [0.717, 1.165) is 9.91 Å². The standard InChI is InChI=1S/C17H18AsClN4O2/c1-4-13-15(17(24)25)12(18-9(2)3)5-14(22-13)11-7-21-23-8-10(19)6-20-16(11)23/h5-9,18H,4H2,1-3H3,(H,24,25). The molecule has 0 radical (unpaired) electrons. The fourth-order valence-electron chi connectivity index (χ4n) is 2.69. The summed E-state index contributed by atoms with van der Waals surface area (Å²) >= 11 is 5.36. The van der Waals surface area contributed by atoms with Gasteiger partial charge in [0.25, 0.3) is 0 Å². The number of carbonyl (C=O) groups is 1. The van der Waals surface area contributed by atoms with E-state index in [9.17, 15) is 9.90 Å². The second kappa shape index (κ2) is 7.14. The number of carboxylic acids is 1. The van der Waals surface area contributed by atoms with Crippen molar-refractivity contribution in [3.63, 3.8) is 0 Å². The van der Waals surface area contributed by atoms with Gasteiger partial charge in [0.1, 0.15) is 0 Å². The Bertz CT molecular complexity index is 955. The minimum atomic E-state index is -0.903. The number of hydrogen-bond donors (Lipinski definition) is 1. The summed E-state index contributed by atoms with van der Waals surface area (Å²) in [6, 6.07) is 1.90. The zero-order valence-corrected chi connectivity index (χ0v) is 17.0. The number of aromatic carboxylic acids is 1. The molecule has 0 aliphatic heterocycles. The van der Waals surface area contributed by atoms with Gasteiger partial charge in [-0.2, -0.15) is 0 Å². The molecule has 0 amide bonds. The van der Waals surface area contributed by atoms with Crippen LogP contribution in [0.1, 0.15) is 36.8 Å². The quantitative estimate of drug-likeness (QED) is 0.642. The Balaban J connectivity index is 2.23. The number of aromatic nitrogens is 4. The van der Waals surface area contributed by atoms with E-state index in [1.807, 2.05) is 13.0 Å². The fourth-order valence-corrected chi connectivity index (χ4v) is 5.43. The molecule has 25 heavy (non-hydrogen) atoms. The number of carboxylic acid groups (broad SMARTS) is 1. The molecular formula is C17H18AsClN4O2. The molecule has 0 saturated heterocycles. The van der Waals surface area contributed by atoms with Crippen LogP contribution in [0.5, 0.6) is 0 Å². The molecule has 1 N–H and O–H groups in total. The summed E-state index contributed by atoms with van der Waals surface area (Å²) in [6.07, 6.45) is 5.51. The van der Waals surface area contributed by atoms with E-state index in [4.69, 9.17) is 11.6 Å². The van der Waals surface area contributed by atoms with Crippen molar-refractivity contribution in [2.45, 2.75) is 31.9 Å². The molecule has 130 valence electrons. The molecule has 0 aliphatic rings. The van der Waals surface area contributed by atoms with Crippen LogP contribution in [0.3, 0.4) is 0 Å². The molecule has 3 aromatic heterocycles. The van der Waals surface area contributed by atoms with Gasteiger partial charge in [0, 0.05) is 0 Å². The van der Waals surface area contributed by atoms with Crippen LogP contribution < -0.4 is 4.35 Å². The molecule has 1 unspecified atom stereocenters. The van der Waals surface area contributed by atoms with Gasteiger partial charge in [-0.3, -0.25) is 0 Å². The van der Waals surface area contributed by atoms with Crippen molar-refractivity contribution in [2.24, 2.45) is 0 Å². The summed E-state index contributed by atoms with van der Waals surface area (Å²) in [4.78, 5) is 20.7. The second-order valence-corrected chi connectivity index (χ2v) is 10.5. The van der Waals surface area contributed by atoms with Crippen molar-refractivity contribution >= 4 is 43.3 Å². The molecule has 3 rings (SSSR count). The van der Waals surface area contributed by atoms with Crippen LogP contribution in [0, 0.1) is 0 Å². The summed E-state index contributed by atoms with van der Waals surface area (Å²) < 4.78 is 2.98. The molecule has 8 heteroatoms. The van der Waals surface area contributed by atoms with Crippen LogP contribution >= 0.6 is 11.6 Å². The normalized spacial score (nSPS) is 11.9. The molecule has 0 saturated carbocycles. The van der Waals surface area contributed by atoms with Crippen molar-refractivity contribution in [1.82, 2.24) is 19.6 Å². The van der Waals surface area contributed by atoms with Crippen LogP contribution in [0.2, 0.25) is 9.73 Å². The average Bonchev–Trinajstić information content (AvgIpc) is 2.95. The number of pyridine rings is 1. The van der Waals surface area contributed by atoms with Gasteiger partial charge in [-0.1, -0.05) is 0 Å². The number of nitrogens with zero attached hydrogens (tertiary/aromatic N) is 4. The van der Waals surface area contributed by atoms with Crippen LogP contribution in [-0.4, -0.2) is 46.4 Å². The Morgan fingerprint density at radius 3 is 2.80 bits per heavy atom. The van der Waals surface area contributed by atoms with E-state index in [1.165, 1.54) is 0 Å². The number of aryl methyl sites for hydroxylation is 1. The first kappa shape index (κ1) is 17.9. The maximum absolute atomic E-state index is 11.8. The summed E-state index contributed by atoms with van der Waals surface area (Å²) in [5, 5.41) is 14.4. The van der Waals surface area contributed by atoms with Crippen LogP contribution in [-0.2, 0) is 6.42 Å². The monoisotopic (exact) mass is 420 g/mol. The zero-order chi connectivity index (χ0) is 18.1. The van der Waals surface area contributed by atoms with Gasteiger partial charge in [-0.25, -0.2) is 0 Å². The Morgan fingerprint density at radius 2 is 2.16 bits per heavy atom. The van der Waals surface area contributed by atoms with Gasteiger partial charge >= 0.3 is 157 Å². The third-order valence-electron chi connectivity index (χ3n) is 3.69. The number of fused-ring (bicyclic) bond motifs is 1. The van der Waals surface area contributed by atoms with E-state index in [1.54, 1.807) is 23.1 Å². The topological polar surface area (TPSA) is 80.4 Å². The third-order valence-corrected chi connectivity index (χ3v) is 6.57. The second-order valence-electron chi connectivity index (χ2n) is 5.93. The SMILES string of the molecule is CCc1nc(-c2cnn3cc(Cl)cnc23)cc([AsH]C(C)C)c1C(=O)O. The van der Waals surface area contributed by atoms with E-state index < -0.39 is 21.7 Å². The third kappa shape index (κ3) is 3.55. The first-order valence-electron chi connectivity index (χ1n) is 7.93. The van der Waals surface area contributed by atoms with E-state index in [2.05, 4.69) is 28.9 Å². The van der Waals surface area contributed by atoms with Crippen molar-refractivity contribution in [2.75, 3.05) is 0 Å². The zero-order valence-electron chi connectivity index (χ0n) is 14.1. The van der Waals surface area contributed by atoms with E-state index >= 15 is 0 Å². The van der Waals surface area contributed by atoms with Gasteiger partial charge in [-0.05, 0) is 0 Å². The number of halogens is 1. The first-order valence-corrected chi connectivity index (χ1v) is 10.6. The summed E-state index contributed by atoms with van der Waals surface area (Å²) in [5.74, 6) is -0.903. The van der Waals surface area contributed by atoms with Crippen molar-refractivity contribution in [1.29, 1.82) is 0 Å². The first-order chi connectivity index (χ1) is 11.9. The molecule has 0 bridgehead atoms.